The number of carbonyl (C=O) groups is 3. The van der Waals surface area contributed by atoms with Crippen molar-refractivity contribution in [3.05, 3.63) is 76.9 Å². The molecule has 5 aromatic rings. The molecule has 0 saturated carbocycles. The number of amides is 2. The van der Waals surface area contributed by atoms with Crippen LogP contribution in [0, 0.1) is 0 Å². The molecule has 0 radical (unpaired) electrons. The molecule has 0 aliphatic carbocycles. The molecule has 0 atom stereocenters. The number of hydrogen-bond donors (Lipinski definition) is 3. The number of piperazine rings is 1. The Morgan fingerprint density at radius 1 is 0.980 bits per heavy atom. The number of phenolic OH excluding ortho intramolecular Hbond substituents is 1. The highest BCUT2D eigenvalue weighted by molar-refractivity contribution is 6.10. The van der Waals surface area contributed by atoms with Crippen LogP contribution in [-0.2, 0) is 27.9 Å². The fourth-order valence-electron chi connectivity index (χ4n) is 6.02. The van der Waals surface area contributed by atoms with Crippen molar-refractivity contribution in [2.45, 2.75) is 78.4 Å². The second-order valence-corrected chi connectivity index (χ2v) is 15.0. The topological polar surface area (TPSA) is 154 Å². The van der Waals surface area contributed by atoms with Crippen LogP contribution >= 0.6 is 0 Å². The number of ether oxygens (including phenoxy) is 1. The van der Waals surface area contributed by atoms with Gasteiger partial charge < -0.3 is 34.0 Å². The number of hydrogen-bond acceptors (Lipinski definition) is 9. The van der Waals surface area contributed by atoms with Gasteiger partial charge in [-0.15, -0.1) is 0 Å². The predicted molar refractivity (Wildman–Crippen MR) is 189 cm³/mol. The van der Waals surface area contributed by atoms with Gasteiger partial charge in [-0.05, 0) is 75.6 Å². The summed E-state index contributed by atoms with van der Waals surface area (Å²) in [5.74, 6) is 1.04. The molecular weight excluding hydrogens is 638 g/mol. The van der Waals surface area contributed by atoms with Crippen molar-refractivity contribution in [2.24, 2.45) is 0 Å². The zero-order valence-electron chi connectivity index (χ0n) is 29.5. The van der Waals surface area contributed by atoms with Gasteiger partial charge in [0.2, 0.25) is 11.7 Å². The van der Waals surface area contributed by atoms with Crippen molar-refractivity contribution in [3.63, 3.8) is 0 Å². The fraction of sp³-hybridized carbons (Fsp3) is 0.421. The average Bonchev–Trinajstić information content (AvgIpc) is 3.80. The van der Waals surface area contributed by atoms with Crippen molar-refractivity contribution < 1.29 is 33.2 Å². The number of nitrogens with zero attached hydrogens (tertiary/aromatic N) is 3. The smallest absolute Gasteiger partial charge is 0.410 e. The van der Waals surface area contributed by atoms with Crippen LogP contribution in [0.15, 0.2) is 57.5 Å². The molecular formula is C38H45N5O7. The lowest BCUT2D eigenvalue weighted by atomic mass is 9.93. The van der Waals surface area contributed by atoms with Gasteiger partial charge >= 0.3 is 6.09 Å². The maximum Gasteiger partial charge on any atom is 0.410 e. The van der Waals surface area contributed by atoms with E-state index >= 15 is 0 Å². The number of H-pyrrole nitrogens is 1. The van der Waals surface area contributed by atoms with Crippen molar-refractivity contribution >= 4 is 45.5 Å². The van der Waals surface area contributed by atoms with Crippen LogP contribution in [0.1, 0.15) is 87.5 Å². The van der Waals surface area contributed by atoms with E-state index in [9.17, 15) is 19.5 Å². The quantitative estimate of drug-likeness (QED) is 0.137. The molecule has 1 aliphatic rings. The zero-order valence-corrected chi connectivity index (χ0v) is 29.5. The van der Waals surface area contributed by atoms with Crippen molar-refractivity contribution in [2.75, 3.05) is 31.5 Å². The lowest BCUT2D eigenvalue weighted by Gasteiger charge is -2.35. The summed E-state index contributed by atoms with van der Waals surface area (Å²) in [5, 5.41) is 19.1. The van der Waals surface area contributed by atoms with Gasteiger partial charge in [0, 0.05) is 72.5 Å². The first-order chi connectivity index (χ1) is 23.6. The highest BCUT2D eigenvalue weighted by Gasteiger charge is 2.27. The van der Waals surface area contributed by atoms with Crippen molar-refractivity contribution in [1.82, 2.24) is 19.9 Å². The second-order valence-electron chi connectivity index (χ2n) is 15.0. The van der Waals surface area contributed by atoms with Crippen LogP contribution in [0.3, 0.4) is 0 Å². The van der Waals surface area contributed by atoms with Crippen LogP contribution in [-0.4, -0.2) is 74.6 Å². The SMILES string of the molecule is CC(C)(C)OC(=O)N1CCN(Cc2c(O)ccc3[nH]c(C(=O)c4cc5cc(CCCC(=O)Nc6cc(C(C)(C)C)on6)ccc5o4)cc23)CC1. The Labute approximate surface area is 290 Å². The van der Waals surface area contributed by atoms with Crippen LogP contribution in [0.2, 0.25) is 0 Å². The third-order valence-corrected chi connectivity index (χ3v) is 8.73. The van der Waals surface area contributed by atoms with E-state index in [0.717, 1.165) is 21.9 Å². The summed E-state index contributed by atoms with van der Waals surface area (Å²) in [5.41, 5.74) is 2.67. The number of rotatable bonds is 9. The van der Waals surface area contributed by atoms with Crippen LogP contribution < -0.4 is 5.32 Å². The summed E-state index contributed by atoms with van der Waals surface area (Å²) < 4.78 is 16.8. The monoisotopic (exact) mass is 683 g/mol. The minimum absolute atomic E-state index is 0.133. The van der Waals surface area contributed by atoms with E-state index in [1.165, 1.54) is 0 Å². The molecule has 1 fully saturated rings. The largest absolute Gasteiger partial charge is 0.508 e. The maximum absolute atomic E-state index is 13.6. The van der Waals surface area contributed by atoms with Crippen LogP contribution in [0.4, 0.5) is 10.6 Å². The number of furan rings is 1. The molecule has 12 heteroatoms. The standard InChI is InChI=1S/C38H45N5O7/c1-37(2,3)32-21-33(41-50-32)40-34(45)9-7-8-23-10-13-30-24(18-23)19-31(48-30)35(46)28-20-25-26(29(44)12-11-27(25)39-28)22-42-14-16-43(17-15-42)36(47)49-38(4,5)6/h10-13,18-21,39,44H,7-9,14-17,22H2,1-6H3,(H,40,41,45). The Hall–Kier alpha value is -5.10. The number of aromatic hydroxyl groups is 1. The molecule has 3 N–H and O–H groups in total. The van der Waals surface area contributed by atoms with Gasteiger partial charge in [0.15, 0.2) is 11.6 Å². The van der Waals surface area contributed by atoms with E-state index < -0.39 is 5.60 Å². The van der Waals surface area contributed by atoms with Crippen molar-refractivity contribution in [3.8, 4) is 5.75 Å². The summed E-state index contributed by atoms with van der Waals surface area (Å²) >= 11 is 0. The fourth-order valence-corrected chi connectivity index (χ4v) is 6.02. The number of aromatic amines is 1. The first kappa shape index (κ1) is 34.8. The highest BCUT2D eigenvalue weighted by atomic mass is 16.6. The van der Waals surface area contributed by atoms with E-state index in [1.807, 2.05) is 59.7 Å². The molecule has 1 aliphatic heterocycles. The second kappa shape index (κ2) is 13.7. The van der Waals surface area contributed by atoms with Gasteiger partial charge in [0.05, 0.1) is 5.69 Å². The van der Waals surface area contributed by atoms with Gasteiger partial charge in [-0.2, -0.15) is 0 Å². The minimum Gasteiger partial charge on any atom is -0.508 e. The molecule has 3 aromatic heterocycles. The van der Waals surface area contributed by atoms with Crippen LogP contribution in [0.5, 0.6) is 5.75 Å². The summed E-state index contributed by atoms with van der Waals surface area (Å²) in [4.78, 5) is 45.7. The van der Waals surface area contributed by atoms with Gasteiger partial charge in [-0.25, -0.2) is 4.79 Å². The lowest BCUT2D eigenvalue weighted by molar-refractivity contribution is -0.116. The first-order valence-corrected chi connectivity index (χ1v) is 17.0. The van der Waals surface area contributed by atoms with Gasteiger partial charge in [0.25, 0.3) is 0 Å². The number of aromatic nitrogens is 2. The number of fused-ring (bicyclic) bond motifs is 2. The molecule has 0 unspecified atom stereocenters. The zero-order chi connectivity index (χ0) is 35.8. The molecule has 12 nitrogen and oxygen atoms in total. The average molecular weight is 684 g/mol. The maximum atomic E-state index is 13.6. The minimum atomic E-state index is -0.553. The number of carbonyl (C=O) groups excluding carboxylic acids is 3. The first-order valence-electron chi connectivity index (χ1n) is 17.0. The number of benzene rings is 2. The van der Waals surface area contributed by atoms with Gasteiger partial charge in [-0.3, -0.25) is 14.5 Å². The summed E-state index contributed by atoms with van der Waals surface area (Å²) in [6.45, 7) is 14.4. The number of aryl methyl sites for hydroxylation is 1. The summed E-state index contributed by atoms with van der Waals surface area (Å²) in [6, 6.07) is 14.4. The molecule has 2 aromatic carbocycles. The normalized spacial score (nSPS) is 14.4. The number of nitrogens with one attached hydrogen (secondary N) is 2. The molecule has 4 heterocycles. The Kier molecular flexibility index (Phi) is 9.50. The third-order valence-electron chi connectivity index (χ3n) is 8.73. The molecule has 6 rings (SSSR count). The number of phenols is 1. The van der Waals surface area contributed by atoms with E-state index in [-0.39, 0.29) is 34.7 Å². The Morgan fingerprint density at radius 2 is 1.74 bits per heavy atom. The molecule has 1 saturated heterocycles. The van der Waals surface area contributed by atoms with Gasteiger partial charge in [-0.1, -0.05) is 32.0 Å². The Morgan fingerprint density at radius 3 is 2.44 bits per heavy atom. The summed E-state index contributed by atoms with van der Waals surface area (Å²) in [7, 11) is 0. The molecule has 2 amide bonds. The predicted octanol–water partition coefficient (Wildman–Crippen LogP) is 7.15. The van der Waals surface area contributed by atoms with E-state index in [2.05, 4.69) is 20.4 Å². The van der Waals surface area contributed by atoms with Crippen molar-refractivity contribution in [1.29, 1.82) is 0 Å². The van der Waals surface area contributed by atoms with E-state index in [4.69, 9.17) is 13.7 Å². The highest BCUT2D eigenvalue weighted by Crippen LogP contribution is 2.31. The molecule has 0 bridgehead atoms. The van der Waals surface area contributed by atoms with Gasteiger partial charge in [0.1, 0.15) is 22.7 Å². The Balaban J connectivity index is 1.07. The van der Waals surface area contributed by atoms with Crippen LogP contribution in [0.25, 0.3) is 21.9 Å². The number of ketones is 1. The van der Waals surface area contributed by atoms with E-state index in [1.54, 1.807) is 35.2 Å². The lowest BCUT2D eigenvalue weighted by Crippen LogP contribution is -2.49. The van der Waals surface area contributed by atoms with E-state index in [0.29, 0.717) is 80.4 Å². The molecule has 50 heavy (non-hydrogen) atoms. The number of anilines is 1. The molecule has 264 valence electrons. The third kappa shape index (κ3) is 8.02. The molecule has 0 spiro atoms. The summed E-state index contributed by atoms with van der Waals surface area (Å²) in [6.07, 6.45) is 1.31. The Bertz CT molecular complexity index is 2030.